The Bertz CT molecular complexity index is 903. The zero-order valence-electron chi connectivity index (χ0n) is 14.8. The second-order valence-corrected chi connectivity index (χ2v) is 6.64. The second kappa shape index (κ2) is 6.63. The molecule has 1 aliphatic rings. The zero-order chi connectivity index (χ0) is 18.1. The molecule has 3 aromatic rings. The number of carbonyl (C=O) groups is 1. The molecule has 2 aromatic carbocycles. The van der Waals surface area contributed by atoms with Crippen molar-refractivity contribution in [1.29, 1.82) is 0 Å². The number of benzene rings is 2. The molecule has 0 spiro atoms. The fourth-order valence-corrected chi connectivity index (χ4v) is 3.16. The molecule has 0 radical (unpaired) electrons. The van der Waals surface area contributed by atoms with Crippen molar-refractivity contribution < 1.29 is 9.32 Å². The number of aromatic nitrogens is 2. The van der Waals surface area contributed by atoms with Gasteiger partial charge in [-0.25, -0.2) is 0 Å². The van der Waals surface area contributed by atoms with Crippen LogP contribution in [0.1, 0.15) is 18.2 Å². The maximum atomic E-state index is 12.4. The summed E-state index contributed by atoms with van der Waals surface area (Å²) in [6.45, 7) is 0.560. The molecular weight excluding hydrogens is 328 g/mol. The standard InChI is InChI=1S/C20H20N4O2/c1-23(2)16-10-8-14(9-11-16)19-21-20(26-22-19)15-12-18(25)24(13-15)17-6-4-3-5-7-17/h3-11,15H,12-13H2,1-2H3/t15-/m0/s1. The number of para-hydroxylation sites is 1. The largest absolute Gasteiger partial charge is 0.378 e. The van der Waals surface area contributed by atoms with Crippen molar-refractivity contribution in [3.05, 3.63) is 60.5 Å². The second-order valence-electron chi connectivity index (χ2n) is 6.64. The van der Waals surface area contributed by atoms with Gasteiger partial charge in [0.25, 0.3) is 0 Å². The number of hydrogen-bond acceptors (Lipinski definition) is 5. The molecule has 6 nitrogen and oxygen atoms in total. The van der Waals surface area contributed by atoms with Crippen molar-refractivity contribution in [2.75, 3.05) is 30.4 Å². The number of carbonyl (C=O) groups excluding carboxylic acids is 1. The highest BCUT2D eigenvalue weighted by atomic mass is 16.5. The summed E-state index contributed by atoms with van der Waals surface area (Å²) in [6, 6.07) is 17.6. The Morgan fingerprint density at radius 1 is 1.08 bits per heavy atom. The molecular formula is C20H20N4O2. The lowest BCUT2D eigenvalue weighted by Crippen LogP contribution is -2.24. The van der Waals surface area contributed by atoms with Gasteiger partial charge in [-0.3, -0.25) is 4.79 Å². The van der Waals surface area contributed by atoms with Crippen molar-refractivity contribution in [1.82, 2.24) is 10.1 Å². The lowest BCUT2D eigenvalue weighted by Gasteiger charge is -2.15. The minimum absolute atomic E-state index is 0.0787. The summed E-state index contributed by atoms with van der Waals surface area (Å²) in [5.74, 6) is 1.07. The summed E-state index contributed by atoms with van der Waals surface area (Å²) in [4.78, 5) is 20.7. The first-order chi connectivity index (χ1) is 12.6. The fourth-order valence-electron chi connectivity index (χ4n) is 3.16. The predicted molar refractivity (Wildman–Crippen MR) is 100 cm³/mol. The Morgan fingerprint density at radius 3 is 2.50 bits per heavy atom. The first-order valence-electron chi connectivity index (χ1n) is 8.58. The lowest BCUT2D eigenvalue weighted by atomic mass is 10.1. The molecule has 1 amide bonds. The van der Waals surface area contributed by atoms with Crippen LogP contribution in [0.15, 0.2) is 59.1 Å². The summed E-state index contributed by atoms with van der Waals surface area (Å²) < 4.78 is 5.46. The third kappa shape index (κ3) is 3.06. The van der Waals surface area contributed by atoms with Crippen molar-refractivity contribution >= 4 is 17.3 Å². The quantitative estimate of drug-likeness (QED) is 0.724. The van der Waals surface area contributed by atoms with Gasteiger partial charge in [-0.2, -0.15) is 4.98 Å². The highest BCUT2D eigenvalue weighted by Crippen LogP contribution is 2.32. The molecule has 4 rings (SSSR count). The molecule has 1 fully saturated rings. The molecule has 26 heavy (non-hydrogen) atoms. The zero-order valence-corrected chi connectivity index (χ0v) is 14.8. The average Bonchev–Trinajstić information content (AvgIpc) is 3.29. The van der Waals surface area contributed by atoms with E-state index in [4.69, 9.17) is 4.52 Å². The van der Waals surface area contributed by atoms with Crippen LogP contribution in [0.25, 0.3) is 11.4 Å². The van der Waals surface area contributed by atoms with Crippen LogP contribution in [0.4, 0.5) is 11.4 Å². The molecule has 132 valence electrons. The van der Waals surface area contributed by atoms with Gasteiger partial charge in [-0.05, 0) is 36.4 Å². The van der Waals surface area contributed by atoms with Crippen LogP contribution < -0.4 is 9.80 Å². The first-order valence-corrected chi connectivity index (χ1v) is 8.58. The van der Waals surface area contributed by atoms with E-state index in [1.54, 1.807) is 4.90 Å². The number of rotatable bonds is 4. The van der Waals surface area contributed by atoms with E-state index in [-0.39, 0.29) is 11.8 Å². The minimum Gasteiger partial charge on any atom is -0.378 e. The van der Waals surface area contributed by atoms with Gasteiger partial charge in [-0.1, -0.05) is 23.4 Å². The third-order valence-corrected chi connectivity index (χ3v) is 4.63. The fraction of sp³-hybridized carbons (Fsp3) is 0.250. The van der Waals surface area contributed by atoms with E-state index >= 15 is 0 Å². The monoisotopic (exact) mass is 348 g/mol. The summed E-state index contributed by atoms with van der Waals surface area (Å²) in [6.07, 6.45) is 0.385. The number of amides is 1. The maximum absolute atomic E-state index is 12.4. The predicted octanol–water partition coefficient (Wildman–Crippen LogP) is 3.32. The Kier molecular flexibility index (Phi) is 4.16. The van der Waals surface area contributed by atoms with Crippen LogP contribution >= 0.6 is 0 Å². The molecule has 0 bridgehead atoms. The topological polar surface area (TPSA) is 62.5 Å². The summed E-state index contributed by atoms with van der Waals surface area (Å²) in [7, 11) is 3.99. The molecule has 0 unspecified atom stereocenters. The molecule has 0 saturated carbocycles. The van der Waals surface area contributed by atoms with Gasteiger partial charge in [0.2, 0.25) is 17.6 Å². The van der Waals surface area contributed by atoms with Crippen molar-refractivity contribution in [2.24, 2.45) is 0 Å². The van der Waals surface area contributed by atoms with Gasteiger partial charge >= 0.3 is 0 Å². The maximum Gasteiger partial charge on any atom is 0.232 e. The van der Waals surface area contributed by atoms with E-state index < -0.39 is 0 Å². The van der Waals surface area contributed by atoms with Crippen LogP contribution in [0.2, 0.25) is 0 Å². The van der Waals surface area contributed by atoms with E-state index in [1.165, 1.54) is 0 Å². The van der Waals surface area contributed by atoms with Gasteiger partial charge in [-0.15, -0.1) is 0 Å². The smallest absolute Gasteiger partial charge is 0.232 e. The van der Waals surface area contributed by atoms with Gasteiger partial charge < -0.3 is 14.3 Å². The Balaban J connectivity index is 1.52. The summed E-state index contributed by atoms with van der Waals surface area (Å²) in [5.41, 5.74) is 2.91. The highest BCUT2D eigenvalue weighted by Gasteiger charge is 2.35. The molecule has 1 atom stereocenters. The lowest BCUT2D eigenvalue weighted by molar-refractivity contribution is -0.117. The van der Waals surface area contributed by atoms with Crippen LogP contribution in [-0.2, 0) is 4.79 Å². The van der Waals surface area contributed by atoms with Crippen LogP contribution in [-0.4, -0.2) is 36.7 Å². The van der Waals surface area contributed by atoms with E-state index in [1.807, 2.05) is 73.6 Å². The van der Waals surface area contributed by atoms with E-state index in [9.17, 15) is 4.79 Å². The van der Waals surface area contributed by atoms with Crippen LogP contribution in [0.5, 0.6) is 0 Å². The molecule has 0 aliphatic carbocycles. The molecule has 0 N–H and O–H groups in total. The van der Waals surface area contributed by atoms with Crippen molar-refractivity contribution in [3.8, 4) is 11.4 Å². The van der Waals surface area contributed by atoms with Crippen LogP contribution in [0, 0.1) is 0 Å². The normalized spacial score (nSPS) is 16.9. The average molecular weight is 348 g/mol. The van der Waals surface area contributed by atoms with E-state index in [2.05, 4.69) is 10.1 Å². The Hall–Kier alpha value is -3.15. The van der Waals surface area contributed by atoms with Gasteiger partial charge in [0, 0.05) is 44.0 Å². The molecule has 6 heteroatoms. The van der Waals surface area contributed by atoms with E-state index in [0.29, 0.717) is 24.7 Å². The number of hydrogen-bond donors (Lipinski definition) is 0. The Morgan fingerprint density at radius 2 is 1.81 bits per heavy atom. The molecule has 1 saturated heterocycles. The van der Waals surface area contributed by atoms with Gasteiger partial charge in [0.15, 0.2) is 0 Å². The summed E-state index contributed by atoms with van der Waals surface area (Å²) >= 11 is 0. The first kappa shape index (κ1) is 16.3. The van der Waals surface area contributed by atoms with Gasteiger partial charge in [0.1, 0.15) is 0 Å². The van der Waals surface area contributed by atoms with E-state index in [0.717, 1.165) is 16.9 Å². The number of nitrogens with zero attached hydrogens (tertiary/aromatic N) is 4. The SMILES string of the molecule is CN(C)c1ccc(-c2noc([C@H]3CC(=O)N(c4ccccc4)C3)n2)cc1. The van der Waals surface area contributed by atoms with Crippen molar-refractivity contribution in [2.45, 2.75) is 12.3 Å². The van der Waals surface area contributed by atoms with Crippen molar-refractivity contribution in [3.63, 3.8) is 0 Å². The van der Waals surface area contributed by atoms with Crippen LogP contribution in [0.3, 0.4) is 0 Å². The summed E-state index contributed by atoms with van der Waals surface area (Å²) in [5, 5.41) is 4.10. The third-order valence-electron chi connectivity index (χ3n) is 4.63. The highest BCUT2D eigenvalue weighted by molar-refractivity contribution is 5.96. The van der Waals surface area contributed by atoms with Gasteiger partial charge in [0.05, 0.1) is 5.92 Å². The molecule has 1 aromatic heterocycles. The Labute approximate surface area is 152 Å². The molecule has 1 aliphatic heterocycles. The number of anilines is 2. The molecule has 2 heterocycles. The minimum atomic E-state index is -0.0787.